The fraction of sp³-hybridized carbons (Fsp3) is 1.00. The van der Waals surface area contributed by atoms with Gasteiger partial charge in [0.05, 0.1) is 13.1 Å². The summed E-state index contributed by atoms with van der Waals surface area (Å²) in [7, 11) is 0. The van der Waals surface area contributed by atoms with E-state index in [0.29, 0.717) is 11.1 Å². The van der Waals surface area contributed by atoms with Gasteiger partial charge in [-0.25, -0.2) is 4.90 Å². The van der Waals surface area contributed by atoms with E-state index in [4.69, 9.17) is 0 Å². The summed E-state index contributed by atoms with van der Waals surface area (Å²) in [6, 6.07) is 0. The number of quaternary nitrogens is 1. The average Bonchev–Trinajstić information content (AvgIpc) is 2.11. The molecule has 1 spiro atoms. The molecule has 0 saturated carbocycles. The monoisotopic (exact) mass is 240 g/mol. The molecule has 2 aliphatic heterocycles. The molecular weight excluding hydrogens is 210 g/mol. The van der Waals surface area contributed by atoms with Crippen molar-refractivity contribution in [1.82, 2.24) is 9.80 Å². The summed E-state index contributed by atoms with van der Waals surface area (Å²) < 4.78 is 1.34. The first-order valence-electron chi connectivity index (χ1n) is 6.98. The Bertz CT molecular complexity index is 269. The van der Waals surface area contributed by atoms with E-state index in [-0.39, 0.29) is 0 Å². The van der Waals surface area contributed by atoms with Crippen LogP contribution in [0.2, 0.25) is 0 Å². The summed E-state index contributed by atoms with van der Waals surface area (Å²) >= 11 is 0. The van der Waals surface area contributed by atoms with Gasteiger partial charge in [0, 0.05) is 24.2 Å². The SMILES string of the molecule is CC(C)(C)N1CC[N+]2(CC1)CN(C(C)(C)C)C2. The normalized spacial score (nSPS) is 27.2. The molecule has 0 atom stereocenters. The second kappa shape index (κ2) is 3.94. The lowest BCUT2D eigenvalue weighted by Crippen LogP contribution is -2.77. The summed E-state index contributed by atoms with van der Waals surface area (Å²) in [5, 5.41) is 0. The van der Waals surface area contributed by atoms with E-state index in [1.165, 1.54) is 44.0 Å². The van der Waals surface area contributed by atoms with Crippen LogP contribution in [-0.2, 0) is 0 Å². The first kappa shape index (κ1) is 13.3. The predicted molar refractivity (Wildman–Crippen MR) is 72.6 cm³/mol. The molecule has 0 aromatic carbocycles. The van der Waals surface area contributed by atoms with Crippen LogP contribution in [0.1, 0.15) is 41.5 Å². The predicted octanol–water partition coefficient (Wildman–Crippen LogP) is 1.95. The Balaban J connectivity index is 1.86. The molecule has 0 bridgehead atoms. The molecule has 100 valence electrons. The van der Waals surface area contributed by atoms with Gasteiger partial charge in [-0.15, -0.1) is 0 Å². The zero-order valence-corrected chi connectivity index (χ0v) is 12.6. The number of nitrogens with zero attached hydrogens (tertiary/aromatic N) is 3. The fourth-order valence-corrected chi connectivity index (χ4v) is 2.95. The summed E-state index contributed by atoms with van der Waals surface area (Å²) in [5.74, 6) is 0. The molecule has 2 heterocycles. The van der Waals surface area contributed by atoms with Crippen LogP contribution in [0, 0.1) is 0 Å². The van der Waals surface area contributed by atoms with Gasteiger partial charge in [0.2, 0.25) is 0 Å². The molecule has 0 aromatic heterocycles. The van der Waals surface area contributed by atoms with Gasteiger partial charge in [-0.3, -0.25) is 9.38 Å². The lowest BCUT2D eigenvalue weighted by Gasteiger charge is -2.59. The van der Waals surface area contributed by atoms with Gasteiger partial charge in [0.15, 0.2) is 0 Å². The van der Waals surface area contributed by atoms with E-state index in [1.807, 2.05) is 0 Å². The minimum Gasteiger partial charge on any atom is -0.296 e. The Morgan fingerprint density at radius 1 is 0.706 bits per heavy atom. The van der Waals surface area contributed by atoms with E-state index >= 15 is 0 Å². The highest BCUT2D eigenvalue weighted by Gasteiger charge is 2.48. The molecule has 0 amide bonds. The van der Waals surface area contributed by atoms with Gasteiger partial charge in [-0.2, -0.15) is 0 Å². The Hall–Kier alpha value is -0.120. The molecule has 0 N–H and O–H groups in total. The maximum Gasteiger partial charge on any atom is 0.140 e. The van der Waals surface area contributed by atoms with Gasteiger partial charge in [0.25, 0.3) is 0 Å². The highest BCUT2D eigenvalue weighted by molar-refractivity contribution is 4.82. The standard InChI is InChI=1S/C14H30N3/c1-13(2,3)15-7-9-17(10-8-15)11-16(12-17)14(4,5)6/h7-12H2,1-6H3/q+1. The van der Waals surface area contributed by atoms with Crippen LogP contribution < -0.4 is 0 Å². The first-order chi connectivity index (χ1) is 7.62. The van der Waals surface area contributed by atoms with Crippen LogP contribution in [0.5, 0.6) is 0 Å². The van der Waals surface area contributed by atoms with E-state index in [0.717, 1.165) is 0 Å². The van der Waals surface area contributed by atoms with Crippen LogP contribution in [0.25, 0.3) is 0 Å². The van der Waals surface area contributed by atoms with Gasteiger partial charge in [-0.05, 0) is 41.5 Å². The number of rotatable bonds is 0. The topological polar surface area (TPSA) is 6.48 Å². The largest absolute Gasteiger partial charge is 0.296 e. The van der Waals surface area contributed by atoms with Crippen molar-refractivity contribution in [3.63, 3.8) is 0 Å². The molecule has 3 heteroatoms. The van der Waals surface area contributed by atoms with Crippen LogP contribution in [0.15, 0.2) is 0 Å². The van der Waals surface area contributed by atoms with Crippen molar-refractivity contribution in [3.05, 3.63) is 0 Å². The highest BCUT2D eigenvalue weighted by atomic mass is 15.6. The van der Waals surface area contributed by atoms with Crippen LogP contribution >= 0.6 is 0 Å². The number of hydrogen-bond donors (Lipinski definition) is 0. The molecule has 0 unspecified atom stereocenters. The zero-order chi connectivity index (χ0) is 12.9. The number of hydrogen-bond acceptors (Lipinski definition) is 2. The maximum absolute atomic E-state index is 2.64. The van der Waals surface area contributed by atoms with Crippen LogP contribution in [0.4, 0.5) is 0 Å². The lowest BCUT2D eigenvalue weighted by atomic mass is 10.0. The van der Waals surface area contributed by atoms with E-state index in [2.05, 4.69) is 51.3 Å². The summed E-state index contributed by atoms with van der Waals surface area (Å²) in [6.45, 7) is 21.7. The molecule has 0 aromatic rings. The van der Waals surface area contributed by atoms with Crippen molar-refractivity contribution in [2.45, 2.75) is 52.6 Å². The zero-order valence-electron chi connectivity index (χ0n) is 12.6. The first-order valence-corrected chi connectivity index (χ1v) is 6.98. The summed E-state index contributed by atoms with van der Waals surface area (Å²) in [5.41, 5.74) is 0.698. The van der Waals surface area contributed by atoms with Crippen molar-refractivity contribution < 1.29 is 4.48 Å². The van der Waals surface area contributed by atoms with Crippen LogP contribution in [-0.4, -0.2) is 64.9 Å². The lowest BCUT2D eigenvalue weighted by molar-refractivity contribution is -1.00. The molecule has 2 saturated heterocycles. The van der Waals surface area contributed by atoms with Crippen molar-refractivity contribution in [2.75, 3.05) is 39.5 Å². The van der Waals surface area contributed by atoms with Crippen molar-refractivity contribution in [1.29, 1.82) is 0 Å². The Morgan fingerprint density at radius 3 is 1.47 bits per heavy atom. The molecule has 3 nitrogen and oxygen atoms in total. The number of piperazine rings is 1. The second-order valence-electron chi connectivity index (χ2n) is 7.94. The molecule has 0 radical (unpaired) electrons. The minimum absolute atomic E-state index is 0.346. The van der Waals surface area contributed by atoms with E-state index in [9.17, 15) is 0 Å². The molecule has 2 rings (SSSR count). The van der Waals surface area contributed by atoms with Crippen molar-refractivity contribution in [2.24, 2.45) is 0 Å². The Morgan fingerprint density at radius 2 is 1.12 bits per heavy atom. The van der Waals surface area contributed by atoms with Gasteiger partial charge >= 0.3 is 0 Å². The van der Waals surface area contributed by atoms with Gasteiger partial charge < -0.3 is 0 Å². The second-order valence-corrected chi connectivity index (χ2v) is 7.94. The highest BCUT2D eigenvalue weighted by Crippen LogP contribution is 2.31. The molecule has 2 aliphatic rings. The molecular formula is C14H30N3+. The van der Waals surface area contributed by atoms with E-state index in [1.54, 1.807) is 0 Å². The summed E-state index contributed by atoms with van der Waals surface area (Å²) in [6.07, 6.45) is 0. The molecule has 17 heavy (non-hydrogen) atoms. The average molecular weight is 240 g/mol. The Kier molecular flexibility index (Phi) is 3.08. The van der Waals surface area contributed by atoms with Crippen LogP contribution in [0.3, 0.4) is 0 Å². The van der Waals surface area contributed by atoms with Crippen molar-refractivity contribution in [3.8, 4) is 0 Å². The quantitative estimate of drug-likeness (QED) is 0.597. The van der Waals surface area contributed by atoms with Crippen molar-refractivity contribution >= 4 is 0 Å². The summed E-state index contributed by atoms with van der Waals surface area (Å²) in [4.78, 5) is 5.25. The van der Waals surface area contributed by atoms with E-state index < -0.39 is 0 Å². The third kappa shape index (κ3) is 2.67. The third-order valence-electron chi connectivity index (χ3n) is 4.53. The van der Waals surface area contributed by atoms with Gasteiger partial charge in [-0.1, -0.05) is 0 Å². The minimum atomic E-state index is 0.346. The third-order valence-corrected chi connectivity index (χ3v) is 4.53. The Labute approximate surface area is 107 Å². The molecule has 0 aliphatic carbocycles. The smallest absolute Gasteiger partial charge is 0.140 e. The molecule has 2 fully saturated rings. The van der Waals surface area contributed by atoms with Gasteiger partial charge in [0.1, 0.15) is 13.3 Å². The fourth-order valence-electron chi connectivity index (χ4n) is 2.95. The maximum atomic E-state index is 2.64.